The number of anilines is 1. The number of carbonyl (C=O) groups is 1. The number of nitrogens with one attached hydrogen (secondary N) is 1. The molecular formula is C15H11IN2O2. The lowest BCUT2D eigenvalue weighted by molar-refractivity contribution is -0.118. The van der Waals surface area contributed by atoms with E-state index in [1.165, 1.54) is 0 Å². The van der Waals surface area contributed by atoms with Crippen molar-refractivity contribution >= 4 is 34.2 Å². The number of benzene rings is 2. The van der Waals surface area contributed by atoms with E-state index in [1.807, 2.05) is 30.3 Å². The van der Waals surface area contributed by atoms with Crippen LogP contribution in [0.1, 0.15) is 5.56 Å². The van der Waals surface area contributed by atoms with Gasteiger partial charge in [-0.25, -0.2) is 0 Å². The van der Waals surface area contributed by atoms with Crippen LogP contribution in [0.3, 0.4) is 0 Å². The van der Waals surface area contributed by atoms with Crippen LogP contribution >= 0.6 is 22.6 Å². The number of nitriles is 1. The Morgan fingerprint density at radius 3 is 2.80 bits per heavy atom. The van der Waals surface area contributed by atoms with Gasteiger partial charge in [-0.15, -0.1) is 0 Å². The number of para-hydroxylation sites is 1. The smallest absolute Gasteiger partial charge is 0.262 e. The molecule has 0 atom stereocenters. The molecule has 100 valence electrons. The Labute approximate surface area is 130 Å². The number of ether oxygens (including phenoxy) is 1. The summed E-state index contributed by atoms with van der Waals surface area (Å²) in [4.78, 5) is 11.8. The van der Waals surface area contributed by atoms with Crippen molar-refractivity contribution in [2.45, 2.75) is 0 Å². The zero-order chi connectivity index (χ0) is 14.4. The highest BCUT2D eigenvalue weighted by Gasteiger charge is 2.06. The monoisotopic (exact) mass is 378 g/mol. The highest BCUT2D eigenvalue weighted by atomic mass is 127. The van der Waals surface area contributed by atoms with Crippen molar-refractivity contribution in [3.05, 3.63) is 57.7 Å². The molecule has 0 aromatic heterocycles. The normalized spacial score (nSPS) is 9.60. The topological polar surface area (TPSA) is 62.1 Å². The third-order valence-corrected chi connectivity index (χ3v) is 3.15. The summed E-state index contributed by atoms with van der Waals surface area (Å²) in [5, 5.41) is 11.7. The van der Waals surface area contributed by atoms with Gasteiger partial charge in [0.05, 0.1) is 5.56 Å². The lowest BCUT2D eigenvalue weighted by Gasteiger charge is -2.08. The zero-order valence-electron chi connectivity index (χ0n) is 10.5. The van der Waals surface area contributed by atoms with E-state index in [0.717, 1.165) is 9.26 Å². The first-order valence-corrected chi connectivity index (χ1v) is 6.94. The van der Waals surface area contributed by atoms with E-state index in [1.54, 1.807) is 24.3 Å². The van der Waals surface area contributed by atoms with Crippen molar-refractivity contribution in [3.8, 4) is 11.8 Å². The van der Waals surface area contributed by atoms with Gasteiger partial charge in [-0.05, 0) is 52.9 Å². The Balaban J connectivity index is 1.94. The molecule has 0 aliphatic rings. The second-order valence-electron chi connectivity index (χ2n) is 3.96. The summed E-state index contributed by atoms with van der Waals surface area (Å²) < 4.78 is 6.39. The average Bonchev–Trinajstić information content (AvgIpc) is 2.45. The molecule has 1 amide bonds. The molecule has 2 aromatic carbocycles. The van der Waals surface area contributed by atoms with Gasteiger partial charge in [0.15, 0.2) is 6.61 Å². The number of carbonyl (C=O) groups excluding carboxylic acids is 1. The van der Waals surface area contributed by atoms with Crippen molar-refractivity contribution < 1.29 is 9.53 Å². The van der Waals surface area contributed by atoms with Crippen LogP contribution in [-0.2, 0) is 4.79 Å². The van der Waals surface area contributed by atoms with Crippen molar-refractivity contribution in [2.75, 3.05) is 11.9 Å². The van der Waals surface area contributed by atoms with Gasteiger partial charge in [-0.2, -0.15) is 5.26 Å². The molecule has 2 rings (SSSR count). The molecule has 0 saturated carbocycles. The summed E-state index contributed by atoms with van der Waals surface area (Å²) >= 11 is 2.17. The average molecular weight is 378 g/mol. The predicted molar refractivity (Wildman–Crippen MR) is 84.4 cm³/mol. The van der Waals surface area contributed by atoms with Crippen LogP contribution in [0.25, 0.3) is 0 Å². The summed E-state index contributed by atoms with van der Waals surface area (Å²) in [6, 6.07) is 16.3. The molecule has 0 radical (unpaired) electrons. The molecule has 0 spiro atoms. The fourth-order valence-corrected chi connectivity index (χ4v) is 2.13. The van der Waals surface area contributed by atoms with Gasteiger partial charge >= 0.3 is 0 Å². The van der Waals surface area contributed by atoms with Gasteiger partial charge in [0.25, 0.3) is 5.91 Å². The van der Waals surface area contributed by atoms with Crippen LogP contribution in [0, 0.1) is 14.9 Å². The summed E-state index contributed by atoms with van der Waals surface area (Å²) in [5.74, 6) is 0.146. The van der Waals surface area contributed by atoms with Gasteiger partial charge < -0.3 is 10.1 Å². The van der Waals surface area contributed by atoms with Crippen LogP contribution in [0.5, 0.6) is 5.75 Å². The van der Waals surface area contributed by atoms with E-state index in [9.17, 15) is 4.79 Å². The molecule has 4 nitrogen and oxygen atoms in total. The predicted octanol–water partition coefficient (Wildman–Crippen LogP) is 3.18. The number of halogens is 1. The van der Waals surface area contributed by atoms with E-state index in [0.29, 0.717) is 11.3 Å². The Hall–Kier alpha value is -2.07. The maximum atomic E-state index is 11.8. The van der Waals surface area contributed by atoms with E-state index in [2.05, 4.69) is 27.9 Å². The zero-order valence-corrected chi connectivity index (χ0v) is 12.6. The van der Waals surface area contributed by atoms with Gasteiger partial charge in [0.1, 0.15) is 11.8 Å². The number of hydrogen-bond acceptors (Lipinski definition) is 3. The first-order chi connectivity index (χ1) is 9.69. The van der Waals surface area contributed by atoms with Crippen LogP contribution in [-0.4, -0.2) is 12.5 Å². The molecule has 0 heterocycles. The Morgan fingerprint density at radius 2 is 2.05 bits per heavy atom. The third-order valence-electron chi connectivity index (χ3n) is 2.47. The van der Waals surface area contributed by atoms with E-state index in [-0.39, 0.29) is 12.5 Å². The number of rotatable bonds is 4. The van der Waals surface area contributed by atoms with Crippen molar-refractivity contribution in [3.63, 3.8) is 0 Å². The maximum absolute atomic E-state index is 11.8. The third kappa shape index (κ3) is 3.96. The fraction of sp³-hybridized carbons (Fsp3) is 0.0667. The van der Waals surface area contributed by atoms with Gasteiger partial charge in [-0.1, -0.05) is 18.2 Å². The SMILES string of the molecule is N#Cc1ccccc1OCC(=O)Nc1cccc(I)c1. The molecule has 5 heteroatoms. The number of amides is 1. The molecule has 0 bridgehead atoms. The molecule has 0 aliphatic carbocycles. The second-order valence-corrected chi connectivity index (χ2v) is 5.20. The second kappa shape index (κ2) is 6.91. The molecule has 1 N–H and O–H groups in total. The first kappa shape index (κ1) is 14.3. The number of nitrogens with zero attached hydrogens (tertiary/aromatic N) is 1. The molecule has 0 saturated heterocycles. The van der Waals surface area contributed by atoms with Gasteiger partial charge in [-0.3, -0.25) is 4.79 Å². The van der Waals surface area contributed by atoms with Gasteiger partial charge in [0.2, 0.25) is 0 Å². The first-order valence-electron chi connectivity index (χ1n) is 5.86. The number of hydrogen-bond donors (Lipinski definition) is 1. The van der Waals surface area contributed by atoms with Crippen molar-refractivity contribution in [1.29, 1.82) is 5.26 Å². The van der Waals surface area contributed by atoms with Crippen molar-refractivity contribution in [1.82, 2.24) is 0 Å². The molecule has 20 heavy (non-hydrogen) atoms. The molecular weight excluding hydrogens is 367 g/mol. The summed E-state index contributed by atoms with van der Waals surface area (Å²) in [6.07, 6.45) is 0. The molecule has 0 fully saturated rings. The molecule has 0 aliphatic heterocycles. The summed E-state index contributed by atoms with van der Waals surface area (Å²) in [7, 11) is 0. The maximum Gasteiger partial charge on any atom is 0.262 e. The lowest BCUT2D eigenvalue weighted by atomic mass is 10.2. The summed E-state index contributed by atoms with van der Waals surface area (Å²) in [6.45, 7) is -0.135. The fourth-order valence-electron chi connectivity index (χ4n) is 1.59. The van der Waals surface area contributed by atoms with Crippen LogP contribution in [0.2, 0.25) is 0 Å². The lowest BCUT2D eigenvalue weighted by Crippen LogP contribution is -2.20. The van der Waals surface area contributed by atoms with Crippen LogP contribution in [0.15, 0.2) is 48.5 Å². The largest absolute Gasteiger partial charge is 0.482 e. The van der Waals surface area contributed by atoms with Crippen LogP contribution in [0.4, 0.5) is 5.69 Å². The Bertz CT molecular complexity index is 665. The minimum atomic E-state index is -0.264. The van der Waals surface area contributed by atoms with E-state index >= 15 is 0 Å². The van der Waals surface area contributed by atoms with E-state index < -0.39 is 0 Å². The molecule has 0 unspecified atom stereocenters. The Morgan fingerprint density at radius 1 is 1.25 bits per heavy atom. The highest BCUT2D eigenvalue weighted by molar-refractivity contribution is 14.1. The molecule has 2 aromatic rings. The highest BCUT2D eigenvalue weighted by Crippen LogP contribution is 2.17. The minimum Gasteiger partial charge on any atom is -0.482 e. The standard InChI is InChI=1S/C15H11IN2O2/c16-12-5-3-6-13(8-12)18-15(19)10-20-14-7-2-1-4-11(14)9-17/h1-8H,10H2,(H,18,19). The van der Waals surface area contributed by atoms with Crippen molar-refractivity contribution in [2.24, 2.45) is 0 Å². The van der Waals surface area contributed by atoms with E-state index in [4.69, 9.17) is 10.00 Å². The Kier molecular flexibility index (Phi) is 4.96. The summed E-state index contributed by atoms with van der Waals surface area (Å²) in [5.41, 5.74) is 1.13. The quantitative estimate of drug-likeness (QED) is 0.832. The van der Waals surface area contributed by atoms with Gasteiger partial charge in [0, 0.05) is 9.26 Å². The van der Waals surface area contributed by atoms with Crippen LogP contribution < -0.4 is 10.1 Å². The minimum absolute atomic E-state index is 0.135.